The Morgan fingerprint density at radius 3 is 2.94 bits per heavy atom. The molecule has 3 nitrogen and oxygen atoms in total. The van der Waals surface area contributed by atoms with Crippen LogP contribution in [0.4, 0.5) is 5.69 Å². The van der Waals surface area contributed by atoms with Gasteiger partial charge in [0.15, 0.2) is 0 Å². The second-order valence-electron chi connectivity index (χ2n) is 5.58. The first-order valence-corrected chi connectivity index (χ1v) is 7.01. The summed E-state index contributed by atoms with van der Waals surface area (Å²) in [4.78, 5) is 6.59. The number of aliphatic hydroxyl groups excluding tert-OH is 1. The number of rotatable bonds is 3. The van der Waals surface area contributed by atoms with Gasteiger partial charge in [-0.3, -0.25) is 4.98 Å². The molecule has 0 saturated carbocycles. The highest BCUT2D eigenvalue weighted by molar-refractivity contribution is 5.51. The van der Waals surface area contributed by atoms with Crippen molar-refractivity contribution in [2.45, 2.75) is 39.7 Å². The predicted molar refractivity (Wildman–Crippen MR) is 74.6 cm³/mol. The Morgan fingerprint density at radius 2 is 2.22 bits per heavy atom. The minimum absolute atomic E-state index is 0.0992. The molecule has 1 fully saturated rings. The first-order valence-electron chi connectivity index (χ1n) is 7.01. The van der Waals surface area contributed by atoms with Crippen molar-refractivity contribution in [3.8, 4) is 0 Å². The molecule has 3 heteroatoms. The molecule has 100 valence electrons. The Kier molecular flexibility index (Phi) is 4.59. The zero-order chi connectivity index (χ0) is 13.0. The summed E-state index contributed by atoms with van der Waals surface area (Å²) in [6.45, 7) is 6.92. The summed E-state index contributed by atoms with van der Waals surface area (Å²) in [5, 5.41) is 9.41. The molecule has 18 heavy (non-hydrogen) atoms. The second-order valence-corrected chi connectivity index (χ2v) is 5.58. The van der Waals surface area contributed by atoms with E-state index in [1.807, 2.05) is 12.3 Å². The lowest BCUT2D eigenvalue weighted by atomic mass is 9.89. The standard InChI is InChI=1S/C15H24N2O/c1-12(2)13-4-3-8-17(9-6-13)15-10-16-7-5-14(15)11-18/h5,7,10,12-13,18H,3-4,6,8-9,11H2,1-2H3. The van der Waals surface area contributed by atoms with E-state index in [4.69, 9.17) is 0 Å². The molecule has 1 aromatic heterocycles. The van der Waals surface area contributed by atoms with Gasteiger partial charge in [-0.15, -0.1) is 0 Å². The lowest BCUT2D eigenvalue weighted by Gasteiger charge is -2.25. The van der Waals surface area contributed by atoms with Crippen molar-refractivity contribution in [3.05, 3.63) is 24.0 Å². The molecule has 1 unspecified atom stereocenters. The fourth-order valence-electron chi connectivity index (χ4n) is 2.86. The first-order chi connectivity index (χ1) is 8.72. The van der Waals surface area contributed by atoms with Gasteiger partial charge in [-0.25, -0.2) is 0 Å². The van der Waals surface area contributed by atoms with Gasteiger partial charge in [0.1, 0.15) is 0 Å². The van der Waals surface area contributed by atoms with Crippen molar-refractivity contribution < 1.29 is 5.11 Å². The molecule has 1 saturated heterocycles. The smallest absolute Gasteiger partial charge is 0.0703 e. The summed E-state index contributed by atoms with van der Waals surface area (Å²) < 4.78 is 0. The zero-order valence-electron chi connectivity index (χ0n) is 11.5. The van der Waals surface area contributed by atoms with Crippen LogP contribution in [0.3, 0.4) is 0 Å². The van der Waals surface area contributed by atoms with Crippen LogP contribution in [0.5, 0.6) is 0 Å². The Hall–Kier alpha value is -1.09. The third-order valence-corrected chi connectivity index (χ3v) is 4.11. The van der Waals surface area contributed by atoms with Crippen LogP contribution in [0.1, 0.15) is 38.7 Å². The maximum Gasteiger partial charge on any atom is 0.0703 e. The maximum atomic E-state index is 9.41. The van der Waals surface area contributed by atoms with Crippen LogP contribution in [0.15, 0.2) is 18.5 Å². The average Bonchev–Trinajstić information content (AvgIpc) is 2.64. The third kappa shape index (κ3) is 3.02. The lowest BCUT2D eigenvalue weighted by molar-refractivity contribution is 0.282. The Labute approximate surface area is 110 Å². The molecule has 1 aliphatic heterocycles. The highest BCUT2D eigenvalue weighted by atomic mass is 16.3. The summed E-state index contributed by atoms with van der Waals surface area (Å²) in [7, 11) is 0. The van der Waals surface area contributed by atoms with Gasteiger partial charge in [0.2, 0.25) is 0 Å². The highest BCUT2D eigenvalue weighted by Gasteiger charge is 2.20. The maximum absolute atomic E-state index is 9.41. The van der Waals surface area contributed by atoms with Crippen molar-refractivity contribution in [2.24, 2.45) is 11.8 Å². The average molecular weight is 248 g/mol. The van der Waals surface area contributed by atoms with E-state index < -0.39 is 0 Å². The van der Waals surface area contributed by atoms with Gasteiger partial charge < -0.3 is 10.0 Å². The molecule has 1 N–H and O–H groups in total. The van der Waals surface area contributed by atoms with Crippen molar-refractivity contribution in [3.63, 3.8) is 0 Å². The molecule has 0 radical (unpaired) electrons. The molecule has 0 bridgehead atoms. The van der Waals surface area contributed by atoms with Gasteiger partial charge in [-0.1, -0.05) is 13.8 Å². The van der Waals surface area contributed by atoms with Gasteiger partial charge in [-0.05, 0) is 37.2 Å². The van der Waals surface area contributed by atoms with Crippen LogP contribution in [-0.2, 0) is 6.61 Å². The molecule has 1 atom stereocenters. The summed E-state index contributed by atoms with van der Waals surface area (Å²) in [6, 6.07) is 1.92. The van der Waals surface area contributed by atoms with E-state index in [1.165, 1.54) is 19.3 Å². The van der Waals surface area contributed by atoms with E-state index in [0.29, 0.717) is 0 Å². The number of aromatic nitrogens is 1. The molecular weight excluding hydrogens is 224 g/mol. The third-order valence-electron chi connectivity index (χ3n) is 4.11. The molecular formula is C15H24N2O. The van der Waals surface area contributed by atoms with Crippen molar-refractivity contribution in [1.82, 2.24) is 4.98 Å². The summed E-state index contributed by atoms with van der Waals surface area (Å²) in [6.07, 6.45) is 7.45. The number of anilines is 1. The van der Waals surface area contributed by atoms with Crippen molar-refractivity contribution in [2.75, 3.05) is 18.0 Å². The number of nitrogens with zero attached hydrogens (tertiary/aromatic N) is 2. The summed E-state index contributed by atoms with van der Waals surface area (Å²) in [5.74, 6) is 1.61. The normalized spacial score (nSPS) is 21.1. The number of aliphatic hydroxyl groups is 1. The minimum atomic E-state index is 0.0992. The van der Waals surface area contributed by atoms with Crippen LogP contribution in [0, 0.1) is 11.8 Å². The predicted octanol–water partition coefficient (Wildman–Crippen LogP) is 2.84. The van der Waals surface area contributed by atoms with E-state index in [9.17, 15) is 5.11 Å². The topological polar surface area (TPSA) is 36.4 Å². The molecule has 0 spiro atoms. The van der Waals surface area contributed by atoms with Gasteiger partial charge in [0, 0.05) is 24.8 Å². The molecule has 2 heterocycles. The Bertz CT molecular complexity index is 379. The van der Waals surface area contributed by atoms with Crippen LogP contribution in [0.2, 0.25) is 0 Å². The quantitative estimate of drug-likeness (QED) is 0.893. The van der Waals surface area contributed by atoms with E-state index >= 15 is 0 Å². The zero-order valence-corrected chi connectivity index (χ0v) is 11.5. The lowest BCUT2D eigenvalue weighted by Crippen LogP contribution is -2.25. The van der Waals surface area contributed by atoms with Crippen LogP contribution < -0.4 is 4.90 Å². The number of hydrogen-bond acceptors (Lipinski definition) is 3. The van der Waals surface area contributed by atoms with Crippen molar-refractivity contribution in [1.29, 1.82) is 0 Å². The molecule has 1 aliphatic rings. The molecule has 0 aromatic carbocycles. The number of pyridine rings is 1. The summed E-state index contributed by atoms with van der Waals surface area (Å²) >= 11 is 0. The molecule has 0 amide bonds. The molecule has 0 aliphatic carbocycles. The van der Waals surface area contributed by atoms with Gasteiger partial charge in [-0.2, -0.15) is 0 Å². The van der Waals surface area contributed by atoms with E-state index in [0.717, 1.165) is 36.2 Å². The monoisotopic (exact) mass is 248 g/mol. The van der Waals surface area contributed by atoms with Crippen LogP contribution in [-0.4, -0.2) is 23.2 Å². The van der Waals surface area contributed by atoms with Gasteiger partial charge >= 0.3 is 0 Å². The van der Waals surface area contributed by atoms with E-state index in [1.54, 1.807) is 6.20 Å². The highest BCUT2D eigenvalue weighted by Crippen LogP contribution is 2.28. The first kappa shape index (κ1) is 13.3. The summed E-state index contributed by atoms with van der Waals surface area (Å²) in [5.41, 5.74) is 2.11. The van der Waals surface area contributed by atoms with Crippen molar-refractivity contribution >= 4 is 5.69 Å². The second kappa shape index (κ2) is 6.19. The van der Waals surface area contributed by atoms with Crippen LogP contribution in [0.25, 0.3) is 0 Å². The SMILES string of the molecule is CC(C)C1CCCN(c2cnccc2CO)CC1. The fraction of sp³-hybridized carbons (Fsp3) is 0.667. The minimum Gasteiger partial charge on any atom is -0.392 e. The van der Waals surface area contributed by atoms with E-state index in [-0.39, 0.29) is 6.61 Å². The van der Waals surface area contributed by atoms with Gasteiger partial charge in [0.05, 0.1) is 18.5 Å². The fourth-order valence-corrected chi connectivity index (χ4v) is 2.86. The molecule has 1 aromatic rings. The van der Waals surface area contributed by atoms with E-state index in [2.05, 4.69) is 23.7 Å². The van der Waals surface area contributed by atoms with Gasteiger partial charge in [0.25, 0.3) is 0 Å². The molecule has 2 rings (SSSR count). The largest absolute Gasteiger partial charge is 0.392 e. The van der Waals surface area contributed by atoms with Crippen LogP contribution >= 0.6 is 0 Å². The Balaban J connectivity index is 2.10. The number of hydrogen-bond donors (Lipinski definition) is 1. The Morgan fingerprint density at radius 1 is 1.39 bits per heavy atom.